The van der Waals surface area contributed by atoms with Crippen LogP contribution in [-0.4, -0.2) is 34.6 Å². The zero-order chi connectivity index (χ0) is 13.8. The predicted octanol–water partition coefficient (Wildman–Crippen LogP) is 3.47. The van der Waals surface area contributed by atoms with Crippen LogP contribution in [0.4, 0.5) is 11.6 Å². The molecule has 2 aromatic rings. The summed E-state index contributed by atoms with van der Waals surface area (Å²) in [4.78, 5) is 12.3. The van der Waals surface area contributed by atoms with E-state index in [1.54, 1.807) is 17.7 Å². The summed E-state index contributed by atoms with van der Waals surface area (Å²) in [5, 5.41) is 5.45. The monoisotopic (exact) mass is 370 g/mol. The molecule has 4 nitrogen and oxygen atoms in total. The van der Waals surface area contributed by atoms with Gasteiger partial charge in [-0.3, -0.25) is 0 Å². The molecule has 0 radical (unpaired) electrons. The van der Waals surface area contributed by atoms with Crippen molar-refractivity contribution in [2.45, 2.75) is 6.54 Å². The molecule has 106 valence electrons. The van der Waals surface area contributed by atoms with Crippen molar-refractivity contribution in [1.82, 2.24) is 9.97 Å². The summed E-state index contributed by atoms with van der Waals surface area (Å²) in [6, 6.07) is 4.11. The van der Waals surface area contributed by atoms with Crippen molar-refractivity contribution in [3.8, 4) is 0 Å². The summed E-state index contributed by atoms with van der Waals surface area (Å²) < 4.78 is 1.15. The van der Waals surface area contributed by atoms with Gasteiger partial charge in [-0.25, -0.2) is 9.97 Å². The van der Waals surface area contributed by atoms with Gasteiger partial charge in [0.15, 0.2) is 0 Å². The van der Waals surface area contributed by atoms with Gasteiger partial charge >= 0.3 is 0 Å². The van der Waals surface area contributed by atoms with E-state index in [9.17, 15) is 0 Å². The molecule has 0 saturated carbocycles. The fraction of sp³-hybridized carbons (Fsp3) is 0.385. The summed E-state index contributed by atoms with van der Waals surface area (Å²) in [5.74, 6) is 4.26. The van der Waals surface area contributed by atoms with Gasteiger partial charge in [0.05, 0.1) is 6.54 Å². The Morgan fingerprint density at radius 2 is 2.15 bits per heavy atom. The van der Waals surface area contributed by atoms with E-state index in [4.69, 9.17) is 0 Å². The third-order valence-electron chi connectivity index (χ3n) is 3.11. The highest BCUT2D eigenvalue weighted by molar-refractivity contribution is 9.10. The van der Waals surface area contributed by atoms with E-state index < -0.39 is 0 Å². The Balaban J connectivity index is 1.66. The number of nitrogens with one attached hydrogen (secondary N) is 1. The summed E-state index contributed by atoms with van der Waals surface area (Å²) in [5.41, 5.74) is 0. The minimum atomic E-state index is 0.782. The van der Waals surface area contributed by atoms with Crippen LogP contribution in [0.5, 0.6) is 0 Å². The lowest BCUT2D eigenvalue weighted by atomic mass is 10.4. The maximum atomic E-state index is 4.38. The topological polar surface area (TPSA) is 41.0 Å². The first-order valence-corrected chi connectivity index (χ1v) is 9.26. The van der Waals surface area contributed by atoms with Gasteiger partial charge in [0.25, 0.3) is 0 Å². The number of thioether (sulfide) groups is 1. The number of anilines is 2. The molecule has 0 aliphatic carbocycles. The summed E-state index contributed by atoms with van der Waals surface area (Å²) in [6.45, 7) is 2.92. The lowest BCUT2D eigenvalue weighted by Crippen LogP contribution is -2.33. The van der Waals surface area contributed by atoms with Crippen LogP contribution >= 0.6 is 39.0 Å². The molecule has 1 aliphatic rings. The van der Waals surface area contributed by atoms with Gasteiger partial charge in [0, 0.05) is 40.0 Å². The molecular formula is C13H15BrN4S2. The SMILES string of the molecule is Brc1ccsc1CNc1cc(N2CCSCC2)ncn1. The molecule has 0 aromatic carbocycles. The van der Waals surface area contributed by atoms with E-state index in [1.165, 1.54) is 16.4 Å². The Morgan fingerprint density at radius 3 is 2.90 bits per heavy atom. The third kappa shape index (κ3) is 3.45. The molecule has 1 N–H and O–H groups in total. The van der Waals surface area contributed by atoms with Crippen molar-refractivity contribution < 1.29 is 0 Å². The van der Waals surface area contributed by atoms with Crippen LogP contribution in [0.1, 0.15) is 4.88 Å². The maximum Gasteiger partial charge on any atom is 0.134 e. The van der Waals surface area contributed by atoms with E-state index >= 15 is 0 Å². The van der Waals surface area contributed by atoms with Crippen LogP contribution in [0.25, 0.3) is 0 Å². The molecule has 3 heterocycles. The second-order valence-electron chi connectivity index (χ2n) is 4.41. The predicted molar refractivity (Wildman–Crippen MR) is 90.9 cm³/mol. The third-order valence-corrected chi connectivity index (χ3v) is 5.98. The summed E-state index contributed by atoms with van der Waals surface area (Å²) in [6.07, 6.45) is 1.64. The molecule has 0 amide bonds. The van der Waals surface area contributed by atoms with Crippen LogP contribution in [-0.2, 0) is 6.54 Å². The van der Waals surface area contributed by atoms with Crippen molar-refractivity contribution in [3.05, 3.63) is 33.2 Å². The number of hydrogen-bond donors (Lipinski definition) is 1. The molecule has 3 rings (SSSR count). The Hall–Kier alpha value is -0.790. The molecule has 2 aromatic heterocycles. The number of nitrogens with zero attached hydrogens (tertiary/aromatic N) is 3. The standard InChI is InChI=1S/C13H15BrN4S2/c14-10-1-4-20-11(10)8-15-12-7-13(17-9-16-12)18-2-5-19-6-3-18/h1,4,7,9H,2-3,5-6,8H2,(H,15,16,17). The van der Waals surface area contributed by atoms with Gasteiger partial charge in [0.2, 0.25) is 0 Å². The quantitative estimate of drug-likeness (QED) is 0.892. The zero-order valence-corrected chi connectivity index (χ0v) is 14.1. The second kappa shape index (κ2) is 6.78. The van der Waals surface area contributed by atoms with Crippen LogP contribution in [0.15, 0.2) is 28.3 Å². The first-order valence-electron chi connectivity index (χ1n) is 6.43. The minimum Gasteiger partial charge on any atom is -0.365 e. The molecule has 0 bridgehead atoms. The van der Waals surface area contributed by atoms with Gasteiger partial charge in [0.1, 0.15) is 18.0 Å². The van der Waals surface area contributed by atoms with Crippen molar-refractivity contribution in [2.75, 3.05) is 34.8 Å². The lowest BCUT2D eigenvalue weighted by molar-refractivity contribution is 0.835. The van der Waals surface area contributed by atoms with Crippen LogP contribution < -0.4 is 10.2 Å². The fourth-order valence-electron chi connectivity index (χ4n) is 2.03. The van der Waals surface area contributed by atoms with Crippen molar-refractivity contribution in [3.63, 3.8) is 0 Å². The highest BCUT2D eigenvalue weighted by Crippen LogP contribution is 2.24. The Bertz CT molecular complexity index is 569. The zero-order valence-electron chi connectivity index (χ0n) is 10.9. The highest BCUT2D eigenvalue weighted by Gasteiger charge is 2.13. The molecule has 7 heteroatoms. The average Bonchev–Trinajstić information content (AvgIpc) is 2.92. The first kappa shape index (κ1) is 14.2. The van der Waals surface area contributed by atoms with Gasteiger partial charge in [-0.15, -0.1) is 11.3 Å². The van der Waals surface area contributed by atoms with E-state index in [0.717, 1.165) is 35.7 Å². The van der Waals surface area contributed by atoms with Gasteiger partial charge in [-0.05, 0) is 27.4 Å². The van der Waals surface area contributed by atoms with E-state index in [1.807, 2.05) is 17.8 Å². The Morgan fingerprint density at radius 1 is 1.30 bits per heavy atom. The average molecular weight is 371 g/mol. The molecule has 20 heavy (non-hydrogen) atoms. The molecule has 0 spiro atoms. The Kier molecular flexibility index (Phi) is 4.80. The van der Waals surface area contributed by atoms with Gasteiger partial charge in [-0.2, -0.15) is 11.8 Å². The maximum absolute atomic E-state index is 4.38. The first-order chi connectivity index (χ1) is 9.83. The lowest BCUT2D eigenvalue weighted by Gasteiger charge is -2.27. The smallest absolute Gasteiger partial charge is 0.134 e. The molecule has 0 atom stereocenters. The summed E-state index contributed by atoms with van der Waals surface area (Å²) in [7, 11) is 0. The van der Waals surface area contributed by atoms with E-state index in [-0.39, 0.29) is 0 Å². The normalized spacial score (nSPS) is 15.3. The van der Waals surface area contributed by atoms with Crippen LogP contribution in [0, 0.1) is 0 Å². The Labute approximate surface area is 135 Å². The second-order valence-corrected chi connectivity index (χ2v) is 7.49. The number of aromatic nitrogens is 2. The van der Waals surface area contributed by atoms with Crippen molar-refractivity contribution >= 4 is 50.7 Å². The number of thiophene rings is 1. The molecule has 1 aliphatic heterocycles. The number of hydrogen-bond acceptors (Lipinski definition) is 6. The van der Waals surface area contributed by atoms with Gasteiger partial charge in [-0.1, -0.05) is 0 Å². The van der Waals surface area contributed by atoms with Crippen molar-refractivity contribution in [1.29, 1.82) is 0 Å². The van der Waals surface area contributed by atoms with Crippen molar-refractivity contribution in [2.24, 2.45) is 0 Å². The number of halogens is 1. The fourth-order valence-corrected chi connectivity index (χ4v) is 4.37. The largest absolute Gasteiger partial charge is 0.365 e. The summed E-state index contributed by atoms with van der Waals surface area (Å²) >= 11 is 7.28. The van der Waals surface area contributed by atoms with Crippen LogP contribution in [0.2, 0.25) is 0 Å². The molecule has 1 saturated heterocycles. The van der Waals surface area contributed by atoms with E-state index in [2.05, 4.69) is 47.6 Å². The number of rotatable bonds is 4. The molecular weight excluding hydrogens is 356 g/mol. The van der Waals surface area contributed by atoms with Crippen LogP contribution in [0.3, 0.4) is 0 Å². The van der Waals surface area contributed by atoms with E-state index in [0.29, 0.717) is 0 Å². The molecule has 1 fully saturated rings. The minimum absolute atomic E-state index is 0.782. The highest BCUT2D eigenvalue weighted by atomic mass is 79.9. The molecule has 0 unspecified atom stereocenters. The van der Waals surface area contributed by atoms with Gasteiger partial charge < -0.3 is 10.2 Å².